The molecule has 4 nitrogen and oxygen atoms in total. The van der Waals surface area contributed by atoms with Gasteiger partial charge in [0, 0.05) is 23.8 Å². The Morgan fingerprint density at radius 1 is 1.15 bits per heavy atom. The van der Waals surface area contributed by atoms with Crippen LogP contribution in [0.3, 0.4) is 0 Å². The van der Waals surface area contributed by atoms with E-state index in [1.165, 1.54) is 29.3 Å². The van der Waals surface area contributed by atoms with Gasteiger partial charge in [0.15, 0.2) is 5.78 Å². The van der Waals surface area contributed by atoms with Crippen LogP contribution in [0.5, 0.6) is 0 Å². The first-order valence-electron chi connectivity index (χ1n) is 7.92. The summed E-state index contributed by atoms with van der Waals surface area (Å²) in [6.07, 6.45) is 4.54. The molecule has 6 heteroatoms. The maximum atomic E-state index is 13.0. The van der Waals surface area contributed by atoms with E-state index < -0.39 is 6.04 Å². The number of carbonyl (C=O) groups excluding carboxylic acids is 2. The maximum absolute atomic E-state index is 13.0. The fourth-order valence-corrected chi connectivity index (χ4v) is 2.74. The molecule has 2 aromatic carbocycles. The van der Waals surface area contributed by atoms with E-state index in [1.54, 1.807) is 49.5 Å². The lowest BCUT2D eigenvalue weighted by molar-refractivity contribution is -0.111. The zero-order valence-corrected chi connectivity index (χ0v) is 14.7. The minimum absolute atomic E-state index is 0.249. The van der Waals surface area contributed by atoms with Crippen molar-refractivity contribution < 1.29 is 14.0 Å². The molecule has 0 radical (unpaired) electrons. The molecule has 0 saturated carbocycles. The van der Waals surface area contributed by atoms with Crippen molar-refractivity contribution in [2.75, 3.05) is 7.05 Å². The SMILES string of the molecule is CN1C=C(C(=O)/C=C/c2ccc(F)cc2)[C@H](c2ccc(Cl)cc2)NC1=O. The summed E-state index contributed by atoms with van der Waals surface area (Å²) < 4.78 is 13.0. The van der Waals surface area contributed by atoms with Gasteiger partial charge in [0.1, 0.15) is 5.82 Å². The summed E-state index contributed by atoms with van der Waals surface area (Å²) in [5, 5.41) is 3.38. The van der Waals surface area contributed by atoms with Crippen molar-refractivity contribution in [2.45, 2.75) is 6.04 Å². The lowest BCUT2D eigenvalue weighted by Crippen LogP contribution is -2.43. The number of hydrogen-bond acceptors (Lipinski definition) is 2. The smallest absolute Gasteiger partial charge is 0.321 e. The third-order valence-corrected chi connectivity index (χ3v) is 4.27. The van der Waals surface area contributed by atoms with Crippen molar-refractivity contribution in [3.63, 3.8) is 0 Å². The van der Waals surface area contributed by atoms with Crippen LogP contribution in [0.2, 0.25) is 5.02 Å². The molecule has 0 aliphatic carbocycles. The lowest BCUT2D eigenvalue weighted by atomic mass is 9.94. The Bertz CT molecular complexity index is 889. The second-order valence-electron chi connectivity index (χ2n) is 5.88. The van der Waals surface area contributed by atoms with E-state index in [0.717, 1.165) is 5.56 Å². The van der Waals surface area contributed by atoms with Crippen molar-refractivity contribution in [2.24, 2.45) is 0 Å². The standard InChI is InChI=1S/C20H16ClFN2O2/c1-24-12-17(18(25)11-4-13-2-9-16(22)10-3-13)19(23-20(24)26)14-5-7-15(21)8-6-14/h2-12,19H,1H3,(H,23,26)/b11-4+/t19-/m0/s1. The number of nitrogens with zero attached hydrogens (tertiary/aromatic N) is 1. The highest BCUT2D eigenvalue weighted by molar-refractivity contribution is 6.30. The first-order chi connectivity index (χ1) is 12.4. The van der Waals surface area contributed by atoms with E-state index >= 15 is 0 Å². The second-order valence-corrected chi connectivity index (χ2v) is 6.31. The average Bonchev–Trinajstić information content (AvgIpc) is 2.63. The number of allylic oxidation sites excluding steroid dienone is 1. The lowest BCUT2D eigenvalue weighted by Gasteiger charge is -2.29. The number of ketones is 1. The van der Waals surface area contributed by atoms with Gasteiger partial charge in [-0.05, 0) is 41.5 Å². The number of hydrogen-bond donors (Lipinski definition) is 1. The van der Waals surface area contributed by atoms with E-state index in [1.807, 2.05) is 0 Å². The van der Waals surface area contributed by atoms with E-state index in [9.17, 15) is 14.0 Å². The van der Waals surface area contributed by atoms with Crippen molar-refractivity contribution in [3.8, 4) is 0 Å². The van der Waals surface area contributed by atoms with Crippen molar-refractivity contribution in [3.05, 3.63) is 88.3 Å². The first-order valence-corrected chi connectivity index (χ1v) is 8.30. The molecule has 132 valence electrons. The molecule has 0 spiro atoms. The van der Waals surface area contributed by atoms with Crippen LogP contribution in [0.15, 0.2) is 66.4 Å². The molecule has 0 fully saturated rings. The van der Waals surface area contributed by atoms with Crippen LogP contribution in [-0.4, -0.2) is 23.8 Å². The highest BCUT2D eigenvalue weighted by Crippen LogP contribution is 2.27. The molecule has 2 aromatic rings. The van der Waals surface area contributed by atoms with Crippen LogP contribution < -0.4 is 5.32 Å². The van der Waals surface area contributed by atoms with Crippen LogP contribution >= 0.6 is 11.6 Å². The van der Waals surface area contributed by atoms with Crippen molar-refractivity contribution in [1.82, 2.24) is 10.2 Å². The molecule has 0 aromatic heterocycles. The predicted octanol–water partition coefficient (Wildman–Crippen LogP) is 4.34. The van der Waals surface area contributed by atoms with Crippen LogP contribution in [0.1, 0.15) is 17.2 Å². The Morgan fingerprint density at radius 2 is 1.81 bits per heavy atom. The molecule has 1 aliphatic rings. The summed E-state index contributed by atoms with van der Waals surface area (Å²) in [5.74, 6) is -0.586. The Morgan fingerprint density at radius 3 is 2.46 bits per heavy atom. The van der Waals surface area contributed by atoms with Crippen molar-refractivity contribution in [1.29, 1.82) is 0 Å². The zero-order valence-electron chi connectivity index (χ0n) is 13.9. The van der Waals surface area contributed by atoms with Crippen LogP contribution in [-0.2, 0) is 4.79 Å². The molecule has 3 rings (SSSR count). The first kappa shape index (κ1) is 17.9. The quantitative estimate of drug-likeness (QED) is 0.814. The number of urea groups is 1. The van der Waals surface area contributed by atoms with Gasteiger partial charge in [0.2, 0.25) is 0 Å². The molecule has 2 amide bonds. The monoisotopic (exact) mass is 370 g/mol. The molecule has 1 N–H and O–H groups in total. The third kappa shape index (κ3) is 4.00. The van der Waals surface area contributed by atoms with Gasteiger partial charge in [-0.15, -0.1) is 0 Å². The van der Waals surface area contributed by atoms with Gasteiger partial charge >= 0.3 is 6.03 Å². The van der Waals surface area contributed by atoms with Gasteiger partial charge < -0.3 is 10.2 Å². The highest BCUT2D eigenvalue weighted by atomic mass is 35.5. The second kappa shape index (κ2) is 7.54. The van der Waals surface area contributed by atoms with E-state index in [2.05, 4.69) is 5.32 Å². The molecule has 0 saturated heterocycles. The Balaban J connectivity index is 1.89. The molecule has 0 bridgehead atoms. The number of halogens is 2. The fraction of sp³-hybridized carbons (Fsp3) is 0.100. The minimum Gasteiger partial charge on any atom is -0.327 e. The molecule has 26 heavy (non-hydrogen) atoms. The molecule has 0 unspecified atom stereocenters. The highest BCUT2D eigenvalue weighted by Gasteiger charge is 2.29. The van der Waals surface area contributed by atoms with E-state index in [-0.39, 0.29) is 17.6 Å². The zero-order chi connectivity index (χ0) is 18.7. The van der Waals surface area contributed by atoms with Crippen LogP contribution in [0.25, 0.3) is 6.08 Å². The topological polar surface area (TPSA) is 49.4 Å². The van der Waals surface area contributed by atoms with Gasteiger partial charge in [-0.25, -0.2) is 9.18 Å². The molecular weight excluding hydrogens is 355 g/mol. The number of benzene rings is 2. The molecule has 1 heterocycles. The van der Waals surface area contributed by atoms with Gasteiger partial charge in [-0.1, -0.05) is 41.9 Å². The van der Waals surface area contributed by atoms with Gasteiger partial charge in [-0.2, -0.15) is 0 Å². The summed E-state index contributed by atoms with van der Waals surface area (Å²) in [6.45, 7) is 0. The Hall–Kier alpha value is -2.92. The summed E-state index contributed by atoms with van der Waals surface area (Å²) in [4.78, 5) is 26.0. The average molecular weight is 371 g/mol. The maximum Gasteiger partial charge on any atom is 0.321 e. The largest absolute Gasteiger partial charge is 0.327 e. The number of carbonyl (C=O) groups is 2. The van der Waals surface area contributed by atoms with Crippen LogP contribution in [0, 0.1) is 5.82 Å². The number of rotatable bonds is 4. The van der Waals surface area contributed by atoms with Crippen molar-refractivity contribution >= 4 is 29.5 Å². The third-order valence-electron chi connectivity index (χ3n) is 4.02. The Kier molecular flexibility index (Phi) is 5.19. The summed E-state index contributed by atoms with van der Waals surface area (Å²) in [6, 6.07) is 11.9. The number of amides is 2. The molecule has 1 aliphatic heterocycles. The minimum atomic E-state index is -0.568. The summed E-state index contributed by atoms with van der Waals surface area (Å²) in [5.41, 5.74) is 1.88. The van der Waals surface area contributed by atoms with Gasteiger partial charge in [-0.3, -0.25) is 4.79 Å². The van der Waals surface area contributed by atoms with Gasteiger partial charge in [0.25, 0.3) is 0 Å². The molecule has 1 atom stereocenters. The predicted molar refractivity (Wildman–Crippen MR) is 99.0 cm³/mol. The van der Waals surface area contributed by atoms with E-state index in [0.29, 0.717) is 16.2 Å². The Labute approximate surface area is 155 Å². The number of nitrogens with one attached hydrogen (secondary N) is 1. The van der Waals surface area contributed by atoms with E-state index in [4.69, 9.17) is 11.6 Å². The van der Waals surface area contributed by atoms with Crippen LogP contribution in [0.4, 0.5) is 9.18 Å². The molecular formula is C20H16ClFN2O2. The van der Waals surface area contributed by atoms with Gasteiger partial charge in [0.05, 0.1) is 6.04 Å². The summed E-state index contributed by atoms with van der Waals surface area (Å²) >= 11 is 5.92. The fourth-order valence-electron chi connectivity index (χ4n) is 2.61. The summed E-state index contributed by atoms with van der Waals surface area (Å²) in [7, 11) is 1.57. The normalized spacial score (nSPS) is 17.2.